The lowest BCUT2D eigenvalue weighted by Crippen LogP contribution is -2.17. The largest absolute Gasteiger partial charge is 0.378 e. The number of benzene rings is 1. The number of hydrogen-bond acceptors (Lipinski definition) is 3. The summed E-state index contributed by atoms with van der Waals surface area (Å²) in [5, 5.41) is 11.7. The topological polar surface area (TPSA) is 62.1 Å². The molecule has 4 nitrogen and oxygen atoms in total. The lowest BCUT2D eigenvalue weighted by Gasteiger charge is -2.11. The summed E-state index contributed by atoms with van der Waals surface area (Å²) in [5.41, 5.74) is 1.04. The zero-order valence-corrected chi connectivity index (χ0v) is 10.9. The molecule has 1 amide bonds. The number of ether oxygens (including phenoxy) is 1. The van der Waals surface area contributed by atoms with Gasteiger partial charge < -0.3 is 10.1 Å². The first kappa shape index (κ1) is 13.6. The van der Waals surface area contributed by atoms with E-state index >= 15 is 0 Å². The smallest absolute Gasteiger partial charge is 0.226 e. The van der Waals surface area contributed by atoms with Crippen molar-refractivity contribution in [2.75, 3.05) is 11.9 Å². The van der Waals surface area contributed by atoms with Crippen LogP contribution in [0.5, 0.6) is 0 Å². The zero-order chi connectivity index (χ0) is 13.5. The Morgan fingerprint density at radius 1 is 1.37 bits per heavy atom. The summed E-state index contributed by atoms with van der Waals surface area (Å²) in [6.07, 6.45) is 5.34. The molecule has 1 aliphatic carbocycles. The van der Waals surface area contributed by atoms with Crippen LogP contribution in [-0.4, -0.2) is 18.6 Å². The highest BCUT2D eigenvalue weighted by Gasteiger charge is 2.15. The molecule has 4 heteroatoms. The molecule has 1 aromatic rings. The van der Waals surface area contributed by atoms with Crippen LogP contribution in [-0.2, 0) is 9.53 Å². The van der Waals surface area contributed by atoms with E-state index in [2.05, 4.69) is 11.4 Å². The zero-order valence-electron chi connectivity index (χ0n) is 10.9. The molecule has 2 rings (SSSR count). The fraction of sp³-hybridized carbons (Fsp3) is 0.467. The fourth-order valence-electron chi connectivity index (χ4n) is 2.28. The van der Waals surface area contributed by atoms with E-state index in [1.54, 1.807) is 24.3 Å². The second kappa shape index (κ2) is 6.91. The molecular weight excluding hydrogens is 240 g/mol. The quantitative estimate of drug-likeness (QED) is 0.883. The van der Waals surface area contributed by atoms with Gasteiger partial charge in [0.15, 0.2) is 0 Å². The van der Waals surface area contributed by atoms with Gasteiger partial charge >= 0.3 is 0 Å². The predicted molar refractivity (Wildman–Crippen MR) is 72.6 cm³/mol. The summed E-state index contributed by atoms with van der Waals surface area (Å²) >= 11 is 0. The van der Waals surface area contributed by atoms with Crippen molar-refractivity contribution in [1.29, 1.82) is 5.26 Å². The summed E-state index contributed by atoms with van der Waals surface area (Å²) < 4.78 is 5.64. The molecule has 1 saturated carbocycles. The van der Waals surface area contributed by atoms with Gasteiger partial charge in [-0.05, 0) is 25.0 Å². The first-order valence-electron chi connectivity index (χ1n) is 6.70. The number of carbonyl (C=O) groups is 1. The summed E-state index contributed by atoms with van der Waals surface area (Å²) in [6, 6.07) is 9.04. The van der Waals surface area contributed by atoms with Gasteiger partial charge in [-0.25, -0.2) is 0 Å². The maximum atomic E-state index is 11.8. The molecule has 1 aromatic carbocycles. The standard InChI is InChI=1S/C15H18N2O2/c16-11-12-5-1-4-8-14(12)17-15(18)9-10-19-13-6-2-3-7-13/h1,4-5,8,13H,2-3,6-7,9-10H2,(H,17,18). The number of para-hydroxylation sites is 1. The van der Waals surface area contributed by atoms with Crippen molar-refractivity contribution in [3.8, 4) is 6.07 Å². The van der Waals surface area contributed by atoms with E-state index < -0.39 is 0 Å². The summed E-state index contributed by atoms with van der Waals surface area (Å²) in [6.45, 7) is 0.450. The van der Waals surface area contributed by atoms with Gasteiger partial charge in [0.1, 0.15) is 6.07 Å². The van der Waals surface area contributed by atoms with E-state index in [1.807, 2.05) is 0 Å². The highest BCUT2D eigenvalue weighted by Crippen LogP contribution is 2.21. The van der Waals surface area contributed by atoms with E-state index in [4.69, 9.17) is 10.00 Å². The van der Waals surface area contributed by atoms with Gasteiger partial charge in [0.05, 0.1) is 30.4 Å². The SMILES string of the molecule is N#Cc1ccccc1NC(=O)CCOC1CCCC1. The van der Waals surface area contributed by atoms with E-state index in [0.717, 1.165) is 12.8 Å². The first-order chi connectivity index (χ1) is 9.29. The van der Waals surface area contributed by atoms with Gasteiger partial charge in [-0.1, -0.05) is 25.0 Å². The summed E-state index contributed by atoms with van der Waals surface area (Å²) in [5.74, 6) is -0.110. The number of nitriles is 1. The van der Waals surface area contributed by atoms with Crippen molar-refractivity contribution in [3.05, 3.63) is 29.8 Å². The fourth-order valence-corrected chi connectivity index (χ4v) is 2.28. The van der Waals surface area contributed by atoms with E-state index in [-0.39, 0.29) is 5.91 Å². The van der Waals surface area contributed by atoms with E-state index in [9.17, 15) is 4.79 Å². The third-order valence-electron chi connectivity index (χ3n) is 3.31. The number of nitrogens with zero attached hydrogens (tertiary/aromatic N) is 1. The lowest BCUT2D eigenvalue weighted by atomic mass is 10.2. The third-order valence-corrected chi connectivity index (χ3v) is 3.31. The Kier molecular flexibility index (Phi) is 4.93. The second-order valence-electron chi connectivity index (χ2n) is 4.73. The number of carbonyl (C=O) groups excluding carboxylic acids is 1. The number of anilines is 1. The molecule has 100 valence electrons. The summed E-state index contributed by atoms with van der Waals surface area (Å²) in [7, 11) is 0. The Hall–Kier alpha value is -1.86. The Bertz CT molecular complexity index is 473. The van der Waals surface area contributed by atoms with Crippen molar-refractivity contribution >= 4 is 11.6 Å². The van der Waals surface area contributed by atoms with Crippen molar-refractivity contribution in [3.63, 3.8) is 0 Å². The van der Waals surface area contributed by atoms with Crippen molar-refractivity contribution < 1.29 is 9.53 Å². The Morgan fingerprint density at radius 2 is 2.11 bits per heavy atom. The van der Waals surface area contributed by atoms with Crippen molar-refractivity contribution in [2.45, 2.75) is 38.2 Å². The molecule has 19 heavy (non-hydrogen) atoms. The molecule has 0 aliphatic heterocycles. The van der Waals surface area contributed by atoms with Crippen LogP contribution in [0.1, 0.15) is 37.7 Å². The van der Waals surface area contributed by atoms with Gasteiger partial charge in [0, 0.05) is 0 Å². The van der Waals surface area contributed by atoms with Crippen LogP contribution in [0.25, 0.3) is 0 Å². The third kappa shape index (κ3) is 4.08. The molecule has 0 heterocycles. The molecule has 0 saturated heterocycles. The minimum Gasteiger partial charge on any atom is -0.378 e. The minimum atomic E-state index is -0.110. The molecule has 1 aliphatic rings. The molecule has 0 atom stereocenters. The summed E-state index contributed by atoms with van der Waals surface area (Å²) in [4.78, 5) is 11.8. The molecule has 0 radical (unpaired) electrons. The molecule has 0 bridgehead atoms. The number of amides is 1. The van der Waals surface area contributed by atoms with Gasteiger partial charge in [-0.3, -0.25) is 4.79 Å². The Labute approximate surface area is 113 Å². The average Bonchev–Trinajstić information content (AvgIpc) is 2.92. The molecule has 1 fully saturated rings. The molecular formula is C15H18N2O2. The van der Waals surface area contributed by atoms with E-state index in [0.29, 0.717) is 30.4 Å². The average molecular weight is 258 g/mol. The number of hydrogen-bond donors (Lipinski definition) is 1. The van der Waals surface area contributed by atoms with Crippen LogP contribution in [0.2, 0.25) is 0 Å². The second-order valence-corrected chi connectivity index (χ2v) is 4.73. The monoisotopic (exact) mass is 258 g/mol. The van der Waals surface area contributed by atoms with Gasteiger partial charge in [-0.15, -0.1) is 0 Å². The van der Waals surface area contributed by atoms with Crippen LogP contribution in [0, 0.1) is 11.3 Å². The first-order valence-corrected chi connectivity index (χ1v) is 6.70. The molecule has 1 N–H and O–H groups in total. The Balaban J connectivity index is 1.76. The molecule has 0 unspecified atom stereocenters. The van der Waals surface area contributed by atoms with Crippen molar-refractivity contribution in [2.24, 2.45) is 0 Å². The van der Waals surface area contributed by atoms with Crippen LogP contribution in [0.4, 0.5) is 5.69 Å². The van der Waals surface area contributed by atoms with Crippen LogP contribution in [0.15, 0.2) is 24.3 Å². The minimum absolute atomic E-state index is 0.110. The maximum absolute atomic E-state index is 11.8. The van der Waals surface area contributed by atoms with Crippen LogP contribution >= 0.6 is 0 Å². The Morgan fingerprint density at radius 3 is 2.84 bits per heavy atom. The lowest BCUT2D eigenvalue weighted by molar-refractivity contribution is -0.117. The van der Waals surface area contributed by atoms with Crippen LogP contribution < -0.4 is 5.32 Å². The highest BCUT2D eigenvalue weighted by atomic mass is 16.5. The number of rotatable bonds is 5. The van der Waals surface area contributed by atoms with Gasteiger partial charge in [0.2, 0.25) is 5.91 Å². The predicted octanol–water partition coefficient (Wildman–Crippen LogP) is 2.85. The molecule has 0 aromatic heterocycles. The molecule has 0 spiro atoms. The van der Waals surface area contributed by atoms with Gasteiger partial charge in [0.25, 0.3) is 0 Å². The maximum Gasteiger partial charge on any atom is 0.226 e. The van der Waals surface area contributed by atoms with Gasteiger partial charge in [-0.2, -0.15) is 5.26 Å². The normalized spacial score (nSPS) is 15.1. The van der Waals surface area contributed by atoms with Crippen LogP contribution in [0.3, 0.4) is 0 Å². The van der Waals surface area contributed by atoms with E-state index in [1.165, 1.54) is 12.8 Å². The van der Waals surface area contributed by atoms with Crippen molar-refractivity contribution in [1.82, 2.24) is 0 Å². The highest BCUT2D eigenvalue weighted by molar-refractivity contribution is 5.92. The number of nitrogens with one attached hydrogen (secondary N) is 1.